The van der Waals surface area contributed by atoms with Gasteiger partial charge in [-0.1, -0.05) is 13.8 Å². The Morgan fingerprint density at radius 2 is 1.71 bits per heavy atom. The Morgan fingerprint density at radius 3 is 2.21 bits per heavy atom. The molecule has 6 heteroatoms. The van der Waals surface area contributed by atoms with Crippen LogP contribution in [-0.2, 0) is 0 Å². The van der Waals surface area contributed by atoms with Crippen molar-refractivity contribution in [1.29, 1.82) is 0 Å². The van der Waals surface area contributed by atoms with Gasteiger partial charge in [-0.25, -0.2) is 0 Å². The van der Waals surface area contributed by atoms with Gasteiger partial charge in [-0.2, -0.15) is 15.0 Å². The lowest BCUT2D eigenvalue weighted by molar-refractivity contribution is 0.267. The Morgan fingerprint density at radius 1 is 1.14 bits per heavy atom. The Kier molecular flexibility index (Phi) is 4.35. The van der Waals surface area contributed by atoms with E-state index >= 15 is 0 Å². The molecule has 0 saturated carbocycles. The number of ether oxygens (including phenoxy) is 1. The fraction of sp³-hybridized carbons (Fsp3) is 0.625. The molecule has 0 bridgehead atoms. The van der Waals surface area contributed by atoms with Crippen molar-refractivity contribution in [2.45, 2.75) is 20.3 Å². The molecule has 1 aromatic heterocycles. The number of rotatable bonds is 4. The van der Waals surface area contributed by atoms with E-state index in [1.54, 1.807) is 0 Å². The van der Waals surface area contributed by atoms with E-state index < -0.39 is 0 Å². The number of hydrogen-bond donors (Lipinski definition) is 0. The van der Waals surface area contributed by atoms with Gasteiger partial charge in [0.1, 0.15) is 0 Å². The molecule has 0 saturated heterocycles. The standard InChI is InChI=1S/C8H11Cl2N3O/c1-5(2)3-4-14-8-12-6(9)11-7(10)13-8/h5H,3-4H2,1-2H3. The summed E-state index contributed by atoms with van der Waals surface area (Å²) >= 11 is 11.1. The van der Waals surface area contributed by atoms with Crippen molar-refractivity contribution in [3.63, 3.8) is 0 Å². The van der Waals surface area contributed by atoms with Crippen LogP contribution in [-0.4, -0.2) is 21.6 Å². The number of aromatic nitrogens is 3. The van der Waals surface area contributed by atoms with Crippen LogP contribution in [0.1, 0.15) is 20.3 Å². The van der Waals surface area contributed by atoms with E-state index in [0.29, 0.717) is 12.5 Å². The maximum Gasteiger partial charge on any atom is 0.322 e. The smallest absolute Gasteiger partial charge is 0.322 e. The van der Waals surface area contributed by atoms with Gasteiger partial charge in [-0.15, -0.1) is 0 Å². The number of halogens is 2. The molecule has 1 heterocycles. The first-order valence-electron chi connectivity index (χ1n) is 4.28. The van der Waals surface area contributed by atoms with E-state index in [1.807, 2.05) is 0 Å². The number of hydrogen-bond acceptors (Lipinski definition) is 4. The van der Waals surface area contributed by atoms with Gasteiger partial charge in [-0.3, -0.25) is 0 Å². The highest BCUT2D eigenvalue weighted by atomic mass is 35.5. The minimum Gasteiger partial charge on any atom is -0.463 e. The summed E-state index contributed by atoms with van der Waals surface area (Å²) in [4.78, 5) is 11.1. The maximum atomic E-state index is 5.56. The van der Waals surface area contributed by atoms with Gasteiger partial charge in [-0.05, 0) is 35.5 Å². The molecule has 0 aliphatic rings. The molecule has 0 atom stereocenters. The lowest BCUT2D eigenvalue weighted by Gasteiger charge is -2.05. The predicted molar refractivity (Wildman–Crippen MR) is 54.8 cm³/mol. The first-order valence-corrected chi connectivity index (χ1v) is 5.03. The molecule has 1 aromatic rings. The lowest BCUT2D eigenvalue weighted by Crippen LogP contribution is -2.05. The topological polar surface area (TPSA) is 47.9 Å². The molecule has 0 aromatic carbocycles. The van der Waals surface area contributed by atoms with Gasteiger partial charge in [0, 0.05) is 0 Å². The lowest BCUT2D eigenvalue weighted by atomic mass is 10.1. The quantitative estimate of drug-likeness (QED) is 0.806. The van der Waals surface area contributed by atoms with E-state index in [0.717, 1.165) is 6.42 Å². The zero-order valence-corrected chi connectivity index (χ0v) is 9.51. The van der Waals surface area contributed by atoms with Gasteiger partial charge in [0.2, 0.25) is 10.6 Å². The number of nitrogens with zero attached hydrogens (tertiary/aromatic N) is 3. The van der Waals surface area contributed by atoms with Gasteiger partial charge in [0.25, 0.3) is 0 Å². The molecule has 1 rings (SSSR count). The Balaban J connectivity index is 2.50. The Hall–Kier alpha value is -0.610. The zero-order chi connectivity index (χ0) is 10.6. The van der Waals surface area contributed by atoms with E-state index in [-0.39, 0.29) is 16.6 Å². The average Bonchev–Trinajstić information content (AvgIpc) is 2.01. The average molecular weight is 236 g/mol. The minimum atomic E-state index is 0.0459. The fourth-order valence-electron chi connectivity index (χ4n) is 0.759. The summed E-state index contributed by atoms with van der Waals surface area (Å²) in [6, 6.07) is 0.177. The molecular formula is C8H11Cl2N3O. The van der Waals surface area contributed by atoms with Gasteiger partial charge < -0.3 is 4.74 Å². The monoisotopic (exact) mass is 235 g/mol. The second-order valence-electron chi connectivity index (χ2n) is 3.19. The molecule has 0 aliphatic carbocycles. The summed E-state index contributed by atoms with van der Waals surface area (Å²) in [6.45, 7) is 4.77. The zero-order valence-electron chi connectivity index (χ0n) is 8.00. The van der Waals surface area contributed by atoms with Gasteiger partial charge >= 0.3 is 6.01 Å². The Labute approximate surface area is 92.6 Å². The SMILES string of the molecule is CC(C)CCOc1nc(Cl)nc(Cl)n1. The maximum absolute atomic E-state index is 5.56. The van der Waals surface area contributed by atoms with E-state index in [4.69, 9.17) is 27.9 Å². The van der Waals surface area contributed by atoms with Crippen LogP contribution in [0.2, 0.25) is 10.6 Å². The third-order valence-corrected chi connectivity index (χ3v) is 1.82. The van der Waals surface area contributed by atoms with Crippen LogP contribution in [0.25, 0.3) is 0 Å². The van der Waals surface area contributed by atoms with Crippen molar-refractivity contribution in [2.75, 3.05) is 6.61 Å². The molecule has 4 nitrogen and oxygen atoms in total. The van der Waals surface area contributed by atoms with Crippen LogP contribution in [0.4, 0.5) is 0 Å². The van der Waals surface area contributed by atoms with Gasteiger partial charge in [0.05, 0.1) is 6.61 Å². The van der Waals surface area contributed by atoms with E-state index in [1.165, 1.54) is 0 Å². The molecule has 0 radical (unpaired) electrons. The normalized spacial score (nSPS) is 10.6. The van der Waals surface area contributed by atoms with Crippen LogP contribution in [0.15, 0.2) is 0 Å². The van der Waals surface area contributed by atoms with Crippen LogP contribution >= 0.6 is 23.2 Å². The molecular weight excluding hydrogens is 225 g/mol. The highest BCUT2D eigenvalue weighted by Crippen LogP contribution is 2.11. The van der Waals surface area contributed by atoms with Crippen molar-refractivity contribution >= 4 is 23.2 Å². The summed E-state index contributed by atoms with van der Waals surface area (Å²) in [5, 5.41) is 0.0918. The van der Waals surface area contributed by atoms with Crippen LogP contribution in [0.3, 0.4) is 0 Å². The second-order valence-corrected chi connectivity index (χ2v) is 3.86. The summed E-state index contributed by atoms with van der Waals surface area (Å²) in [5.74, 6) is 0.572. The third-order valence-electron chi connectivity index (χ3n) is 1.49. The van der Waals surface area contributed by atoms with Crippen LogP contribution in [0, 0.1) is 5.92 Å². The fourth-order valence-corrected chi connectivity index (χ4v) is 1.11. The molecule has 0 aliphatic heterocycles. The highest BCUT2D eigenvalue weighted by molar-refractivity contribution is 6.31. The first-order chi connectivity index (χ1) is 6.58. The van der Waals surface area contributed by atoms with Crippen molar-refractivity contribution in [3.05, 3.63) is 10.6 Å². The molecule has 14 heavy (non-hydrogen) atoms. The summed E-state index contributed by atoms with van der Waals surface area (Å²) < 4.78 is 5.25. The highest BCUT2D eigenvalue weighted by Gasteiger charge is 2.04. The minimum absolute atomic E-state index is 0.0459. The summed E-state index contributed by atoms with van der Waals surface area (Å²) in [6.07, 6.45) is 0.931. The van der Waals surface area contributed by atoms with Crippen molar-refractivity contribution in [3.8, 4) is 6.01 Å². The summed E-state index contributed by atoms with van der Waals surface area (Å²) in [7, 11) is 0. The molecule has 0 N–H and O–H groups in total. The van der Waals surface area contributed by atoms with Gasteiger partial charge in [0.15, 0.2) is 0 Å². The molecule has 0 spiro atoms. The largest absolute Gasteiger partial charge is 0.463 e. The first kappa shape index (κ1) is 11.5. The molecule has 78 valence electrons. The van der Waals surface area contributed by atoms with E-state index in [2.05, 4.69) is 28.8 Å². The molecule has 0 unspecified atom stereocenters. The van der Waals surface area contributed by atoms with Crippen molar-refractivity contribution in [1.82, 2.24) is 15.0 Å². The Bertz CT molecular complexity index is 286. The van der Waals surface area contributed by atoms with E-state index in [9.17, 15) is 0 Å². The van der Waals surface area contributed by atoms with Crippen LogP contribution in [0.5, 0.6) is 6.01 Å². The predicted octanol–water partition coefficient (Wildman–Crippen LogP) is 2.60. The molecule has 0 amide bonds. The van der Waals surface area contributed by atoms with Crippen molar-refractivity contribution in [2.24, 2.45) is 5.92 Å². The van der Waals surface area contributed by atoms with Crippen molar-refractivity contribution < 1.29 is 4.74 Å². The third kappa shape index (κ3) is 4.07. The van der Waals surface area contributed by atoms with Crippen LogP contribution < -0.4 is 4.74 Å². The summed E-state index contributed by atoms with van der Waals surface area (Å²) in [5.41, 5.74) is 0. The second kappa shape index (κ2) is 5.32. The molecule has 0 fully saturated rings.